The Hall–Kier alpha value is -2.79. The zero-order valence-corrected chi connectivity index (χ0v) is 20.2. The van der Waals surface area contributed by atoms with Crippen LogP contribution in [0.25, 0.3) is 11.3 Å². The summed E-state index contributed by atoms with van der Waals surface area (Å²) in [7, 11) is -2.14. The maximum absolute atomic E-state index is 13.1. The number of sulfonamides is 1. The second kappa shape index (κ2) is 9.60. The molecule has 2 heterocycles. The number of anilines is 1. The molecule has 0 radical (unpaired) electrons. The molecule has 1 fully saturated rings. The van der Waals surface area contributed by atoms with Crippen LogP contribution in [0.15, 0.2) is 58.8 Å². The van der Waals surface area contributed by atoms with Gasteiger partial charge in [-0.2, -0.15) is 4.31 Å². The van der Waals surface area contributed by atoms with Crippen LogP contribution < -0.4 is 10.1 Å². The van der Waals surface area contributed by atoms with E-state index < -0.39 is 15.9 Å². The molecule has 33 heavy (non-hydrogen) atoms. The molecule has 4 rings (SSSR count). The number of nitrogens with one attached hydrogen (secondary N) is 1. The molecule has 1 aliphatic heterocycles. The molecule has 10 heteroatoms. The highest BCUT2D eigenvalue weighted by Gasteiger charge is 2.32. The van der Waals surface area contributed by atoms with Crippen molar-refractivity contribution in [2.24, 2.45) is 0 Å². The first-order valence-corrected chi connectivity index (χ1v) is 12.7. The van der Waals surface area contributed by atoms with E-state index in [0.717, 1.165) is 17.0 Å². The third-order valence-electron chi connectivity index (χ3n) is 5.23. The van der Waals surface area contributed by atoms with Gasteiger partial charge in [0.2, 0.25) is 10.0 Å². The summed E-state index contributed by atoms with van der Waals surface area (Å²) in [4.78, 5) is 17.4. The minimum atomic E-state index is -3.74. The van der Waals surface area contributed by atoms with Gasteiger partial charge in [-0.05, 0) is 56.3 Å². The molecular weight excluding hydrogens is 462 g/mol. The number of carbonyl (C=O) groups is 1. The summed E-state index contributed by atoms with van der Waals surface area (Å²) < 4.78 is 38.5. The van der Waals surface area contributed by atoms with Gasteiger partial charge in [0, 0.05) is 29.6 Å². The number of hydrogen-bond donors (Lipinski definition) is 1. The van der Waals surface area contributed by atoms with E-state index in [1.165, 1.54) is 27.8 Å². The van der Waals surface area contributed by atoms with Gasteiger partial charge in [-0.15, -0.1) is 11.3 Å². The SMILES string of the molecule is COc1ccc(-c2csc(NC(=O)c3cccc(S(=O)(=O)N4CC(C)OC(C)C4)c3)n2)cc1. The lowest BCUT2D eigenvalue weighted by molar-refractivity contribution is -0.0440. The second-order valence-corrected chi connectivity index (χ2v) is 10.6. The Labute approximate surface area is 197 Å². The molecule has 174 valence electrons. The Bertz CT molecular complexity index is 1230. The summed E-state index contributed by atoms with van der Waals surface area (Å²) >= 11 is 1.30. The zero-order valence-electron chi connectivity index (χ0n) is 18.5. The molecule has 8 nitrogen and oxygen atoms in total. The third-order valence-corrected chi connectivity index (χ3v) is 7.82. The maximum Gasteiger partial charge on any atom is 0.257 e. The number of nitrogens with zero attached hydrogens (tertiary/aromatic N) is 2. The monoisotopic (exact) mass is 487 g/mol. The summed E-state index contributed by atoms with van der Waals surface area (Å²) in [5, 5.41) is 5.03. The van der Waals surface area contributed by atoms with Crippen LogP contribution in [0.3, 0.4) is 0 Å². The molecule has 1 amide bonds. The first kappa shape index (κ1) is 23.4. The third kappa shape index (κ3) is 5.25. The molecule has 1 aliphatic rings. The van der Waals surface area contributed by atoms with Crippen LogP contribution in [-0.4, -0.2) is 56.0 Å². The lowest BCUT2D eigenvalue weighted by atomic mass is 10.2. The highest BCUT2D eigenvalue weighted by Crippen LogP contribution is 2.27. The van der Waals surface area contributed by atoms with Crippen molar-refractivity contribution in [3.05, 3.63) is 59.5 Å². The number of methoxy groups -OCH3 is 1. The summed E-state index contributed by atoms with van der Waals surface area (Å²) in [6.07, 6.45) is -0.389. The van der Waals surface area contributed by atoms with Gasteiger partial charge in [-0.3, -0.25) is 10.1 Å². The Morgan fingerprint density at radius 3 is 2.52 bits per heavy atom. The molecular formula is C23H25N3O5S2. The quantitative estimate of drug-likeness (QED) is 0.567. The summed E-state index contributed by atoms with van der Waals surface area (Å²) in [5.74, 6) is 0.324. The van der Waals surface area contributed by atoms with E-state index in [4.69, 9.17) is 9.47 Å². The molecule has 2 atom stereocenters. The predicted octanol–water partition coefficient (Wildman–Crippen LogP) is 3.87. The lowest BCUT2D eigenvalue weighted by Gasteiger charge is -2.34. The van der Waals surface area contributed by atoms with Crippen LogP contribution in [0.1, 0.15) is 24.2 Å². The largest absolute Gasteiger partial charge is 0.497 e. The Morgan fingerprint density at radius 2 is 1.85 bits per heavy atom. The fourth-order valence-corrected chi connectivity index (χ4v) is 6.02. The average Bonchev–Trinajstić information content (AvgIpc) is 3.27. The van der Waals surface area contributed by atoms with E-state index in [1.807, 2.05) is 43.5 Å². The number of aromatic nitrogens is 1. The highest BCUT2D eigenvalue weighted by atomic mass is 32.2. The van der Waals surface area contributed by atoms with E-state index in [2.05, 4.69) is 10.3 Å². The Balaban J connectivity index is 1.49. The highest BCUT2D eigenvalue weighted by molar-refractivity contribution is 7.89. The first-order valence-electron chi connectivity index (χ1n) is 10.4. The van der Waals surface area contributed by atoms with E-state index in [0.29, 0.717) is 5.13 Å². The van der Waals surface area contributed by atoms with Gasteiger partial charge in [-0.1, -0.05) is 6.07 Å². The number of thiazole rings is 1. The minimum Gasteiger partial charge on any atom is -0.497 e. The molecule has 2 aromatic carbocycles. The van der Waals surface area contributed by atoms with Crippen molar-refractivity contribution in [1.29, 1.82) is 0 Å². The Kier molecular flexibility index (Phi) is 6.80. The van der Waals surface area contributed by atoms with Gasteiger partial charge >= 0.3 is 0 Å². The van der Waals surface area contributed by atoms with Crippen molar-refractivity contribution in [3.63, 3.8) is 0 Å². The van der Waals surface area contributed by atoms with Crippen LogP contribution in [0.4, 0.5) is 5.13 Å². The fraction of sp³-hybridized carbons (Fsp3) is 0.304. The summed E-state index contributed by atoms with van der Waals surface area (Å²) in [6.45, 7) is 4.24. The summed E-state index contributed by atoms with van der Waals surface area (Å²) in [6, 6.07) is 13.5. The normalized spacial score (nSPS) is 19.2. The number of rotatable bonds is 6. The van der Waals surface area contributed by atoms with E-state index in [9.17, 15) is 13.2 Å². The molecule has 1 aromatic heterocycles. The smallest absolute Gasteiger partial charge is 0.257 e. The predicted molar refractivity (Wildman–Crippen MR) is 127 cm³/mol. The number of morpholine rings is 1. The van der Waals surface area contributed by atoms with Crippen LogP contribution in [-0.2, 0) is 14.8 Å². The molecule has 0 spiro atoms. The molecule has 3 aromatic rings. The van der Waals surface area contributed by atoms with Crippen LogP contribution >= 0.6 is 11.3 Å². The molecule has 2 unspecified atom stereocenters. The van der Waals surface area contributed by atoms with E-state index in [-0.39, 0.29) is 35.8 Å². The van der Waals surface area contributed by atoms with E-state index >= 15 is 0 Å². The fourth-order valence-electron chi connectivity index (χ4n) is 3.67. The Morgan fingerprint density at radius 1 is 1.15 bits per heavy atom. The number of amides is 1. The molecule has 1 N–H and O–H groups in total. The molecule has 0 bridgehead atoms. The van der Waals surface area contributed by atoms with Crippen molar-refractivity contribution >= 4 is 32.4 Å². The standard InChI is InChI=1S/C23H25N3O5S2/c1-15-12-26(13-16(2)31-15)33(28,29)20-6-4-5-18(11-20)22(27)25-23-24-21(14-32-23)17-7-9-19(30-3)10-8-17/h4-11,14-16H,12-13H2,1-3H3,(H,24,25,27). The lowest BCUT2D eigenvalue weighted by Crippen LogP contribution is -2.48. The second-order valence-electron chi connectivity index (χ2n) is 7.83. The first-order chi connectivity index (χ1) is 15.8. The molecule has 0 aliphatic carbocycles. The number of benzene rings is 2. The van der Waals surface area contributed by atoms with Crippen LogP contribution in [0.5, 0.6) is 5.75 Å². The van der Waals surface area contributed by atoms with Gasteiger partial charge in [0.15, 0.2) is 5.13 Å². The maximum atomic E-state index is 13.1. The van der Waals surface area contributed by atoms with Crippen molar-refractivity contribution in [2.75, 3.05) is 25.5 Å². The van der Waals surface area contributed by atoms with Gasteiger partial charge in [0.1, 0.15) is 5.75 Å². The van der Waals surface area contributed by atoms with Gasteiger partial charge < -0.3 is 9.47 Å². The molecule has 1 saturated heterocycles. The van der Waals surface area contributed by atoms with Gasteiger partial charge in [0.25, 0.3) is 5.91 Å². The number of hydrogen-bond acceptors (Lipinski definition) is 7. The van der Waals surface area contributed by atoms with E-state index in [1.54, 1.807) is 19.2 Å². The number of ether oxygens (including phenoxy) is 2. The van der Waals surface area contributed by atoms with Crippen LogP contribution in [0, 0.1) is 0 Å². The summed E-state index contributed by atoms with van der Waals surface area (Å²) in [5.41, 5.74) is 1.87. The molecule has 0 saturated carbocycles. The number of carbonyl (C=O) groups excluding carboxylic acids is 1. The van der Waals surface area contributed by atoms with Crippen LogP contribution in [0.2, 0.25) is 0 Å². The van der Waals surface area contributed by atoms with Crippen molar-refractivity contribution < 1.29 is 22.7 Å². The van der Waals surface area contributed by atoms with Gasteiger partial charge in [-0.25, -0.2) is 13.4 Å². The zero-order chi connectivity index (χ0) is 23.6. The topological polar surface area (TPSA) is 97.8 Å². The van der Waals surface area contributed by atoms with Gasteiger partial charge in [0.05, 0.1) is 29.9 Å². The van der Waals surface area contributed by atoms with Crippen molar-refractivity contribution in [2.45, 2.75) is 31.0 Å². The van der Waals surface area contributed by atoms with Crippen molar-refractivity contribution in [1.82, 2.24) is 9.29 Å². The minimum absolute atomic E-state index is 0.0783. The van der Waals surface area contributed by atoms with Crippen molar-refractivity contribution in [3.8, 4) is 17.0 Å². The average molecular weight is 488 g/mol.